The fraction of sp³-hybridized carbons (Fsp3) is 0.321. The second-order valence-corrected chi connectivity index (χ2v) is 8.92. The van der Waals surface area contributed by atoms with Gasteiger partial charge in [0.2, 0.25) is 0 Å². The van der Waals surface area contributed by atoms with Crippen LogP contribution in [0.1, 0.15) is 84.9 Å². The maximum absolute atomic E-state index is 13.2. The van der Waals surface area contributed by atoms with Crippen LogP contribution in [0.4, 0.5) is 11.4 Å². The van der Waals surface area contributed by atoms with Crippen molar-refractivity contribution in [2.45, 2.75) is 60.3 Å². The van der Waals surface area contributed by atoms with E-state index in [1.165, 1.54) is 0 Å². The van der Waals surface area contributed by atoms with Crippen LogP contribution in [0.25, 0.3) is 0 Å². The zero-order valence-corrected chi connectivity index (χ0v) is 20.2. The molecule has 0 aliphatic heterocycles. The molecule has 0 saturated carbocycles. The molecule has 0 saturated heterocycles. The molecule has 3 aromatic rings. The number of carbonyl (C=O) groups excluding carboxylic acids is 1. The van der Waals surface area contributed by atoms with Crippen molar-refractivity contribution in [3.8, 4) is 0 Å². The standard InChI is InChI=1S/C28H33N3O/c1-17(2)22-13-9-14-23(18(3)4)27(22)31-28(32)25-16-10-15-24(30-25)21(7)29-26-19(5)11-8-12-20(26)6/h8-18H,1-7H3,(H,31,32). The number of para-hydroxylation sites is 2. The highest BCUT2D eigenvalue weighted by molar-refractivity contribution is 6.05. The van der Waals surface area contributed by atoms with Gasteiger partial charge < -0.3 is 5.32 Å². The molecule has 4 heteroatoms. The van der Waals surface area contributed by atoms with Crippen LogP contribution in [-0.4, -0.2) is 16.6 Å². The Balaban J connectivity index is 1.94. The first kappa shape index (κ1) is 23.4. The van der Waals surface area contributed by atoms with Crippen molar-refractivity contribution in [3.63, 3.8) is 0 Å². The van der Waals surface area contributed by atoms with Gasteiger partial charge in [-0.05, 0) is 67.0 Å². The number of aliphatic imine (C=N–C) groups is 1. The van der Waals surface area contributed by atoms with Gasteiger partial charge in [0.25, 0.3) is 5.91 Å². The second-order valence-electron chi connectivity index (χ2n) is 8.92. The summed E-state index contributed by atoms with van der Waals surface area (Å²) in [6.07, 6.45) is 0. The lowest BCUT2D eigenvalue weighted by Gasteiger charge is -2.20. The van der Waals surface area contributed by atoms with E-state index < -0.39 is 0 Å². The van der Waals surface area contributed by atoms with Crippen molar-refractivity contribution in [3.05, 3.63) is 88.2 Å². The Hall–Kier alpha value is -3.27. The highest BCUT2D eigenvalue weighted by Crippen LogP contribution is 2.32. The molecule has 0 spiro atoms. The normalized spacial score (nSPS) is 11.8. The van der Waals surface area contributed by atoms with E-state index in [4.69, 9.17) is 4.99 Å². The molecular weight excluding hydrogens is 394 g/mol. The van der Waals surface area contributed by atoms with Gasteiger partial charge >= 0.3 is 0 Å². The summed E-state index contributed by atoms with van der Waals surface area (Å²) in [5, 5.41) is 3.15. The number of aryl methyl sites for hydroxylation is 2. The Bertz CT molecular complexity index is 1110. The Kier molecular flexibility index (Phi) is 7.24. The lowest BCUT2D eigenvalue weighted by Crippen LogP contribution is -2.18. The number of rotatable bonds is 6. The molecule has 3 rings (SSSR count). The topological polar surface area (TPSA) is 54.4 Å². The predicted molar refractivity (Wildman–Crippen MR) is 135 cm³/mol. The van der Waals surface area contributed by atoms with E-state index >= 15 is 0 Å². The zero-order chi connectivity index (χ0) is 23.4. The van der Waals surface area contributed by atoms with Crippen molar-refractivity contribution < 1.29 is 4.79 Å². The third kappa shape index (κ3) is 5.13. The van der Waals surface area contributed by atoms with Gasteiger partial charge in [0, 0.05) is 5.69 Å². The molecule has 4 nitrogen and oxygen atoms in total. The summed E-state index contributed by atoms with van der Waals surface area (Å²) >= 11 is 0. The molecule has 1 aromatic heterocycles. The quantitative estimate of drug-likeness (QED) is 0.418. The highest BCUT2D eigenvalue weighted by Gasteiger charge is 2.18. The molecule has 0 radical (unpaired) electrons. The first-order valence-electron chi connectivity index (χ1n) is 11.2. The van der Waals surface area contributed by atoms with Crippen LogP contribution in [0, 0.1) is 13.8 Å². The summed E-state index contributed by atoms with van der Waals surface area (Å²) in [6, 6.07) is 17.9. The minimum Gasteiger partial charge on any atom is -0.320 e. The van der Waals surface area contributed by atoms with Gasteiger partial charge in [-0.25, -0.2) is 4.98 Å². The number of benzene rings is 2. The molecule has 0 fully saturated rings. The average molecular weight is 428 g/mol. The van der Waals surface area contributed by atoms with Crippen molar-refractivity contribution in [2.24, 2.45) is 4.99 Å². The van der Waals surface area contributed by atoms with Gasteiger partial charge in [0.1, 0.15) is 5.69 Å². The number of aromatic nitrogens is 1. The lowest BCUT2D eigenvalue weighted by atomic mass is 9.92. The van der Waals surface area contributed by atoms with E-state index in [0.717, 1.165) is 39.3 Å². The fourth-order valence-electron chi connectivity index (χ4n) is 3.84. The number of hydrogen-bond donors (Lipinski definition) is 1. The van der Waals surface area contributed by atoms with E-state index in [9.17, 15) is 4.79 Å². The maximum atomic E-state index is 13.2. The maximum Gasteiger partial charge on any atom is 0.274 e. The van der Waals surface area contributed by atoms with Crippen LogP contribution in [0.5, 0.6) is 0 Å². The number of nitrogens with one attached hydrogen (secondary N) is 1. The van der Waals surface area contributed by atoms with Crippen LogP contribution in [0.3, 0.4) is 0 Å². The molecule has 0 bridgehead atoms. The monoisotopic (exact) mass is 427 g/mol. The Morgan fingerprint density at radius 2 is 1.31 bits per heavy atom. The number of pyridine rings is 1. The van der Waals surface area contributed by atoms with Crippen molar-refractivity contribution >= 4 is 23.0 Å². The lowest BCUT2D eigenvalue weighted by molar-refractivity contribution is 0.102. The van der Waals surface area contributed by atoms with E-state index in [-0.39, 0.29) is 5.91 Å². The van der Waals surface area contributed by atoms with E-state index in [2.05, 4.69) is 82.2 Å². The molecule has 1 amide bonds. The van der Waals surface area contributed by atoms with Gasteiger partial charge in [-0.1, -0.05) is 70.2 Å². The summed E-state index contributed by atoms with van der Waals surface area (Å²) in [4.78, 5) is 22.6. The first-order chi connectivity index (χ1) is 15.2. The van der Waals surface area contributed by atoms with Gasteiger partial charge in [0.05, 0.1) is 17.1 Å². The fourth-order valence-corrected chi connectivity index (χ4v) is 3.84. The second kappa shape index (κ2) is 9.90. The summed E-state index contributed by atoms with van der Waals surface area (Å²) in [7, 11) is 0. The molecule has 1 N–H and O–H groups in total. The smallest absolute Gasteiger partial charge is 0.274 e. The van der Waals surface area contributed by atoms with Gasteiger partial charge in [-0.15, -0.1) is 0 Å². The average Bonchev–Trinajstić information content (AvgIpc) is 2.76. The van der Waals surface area contributed by atoms with Crippen molar-refractivity contribution in [1.82, 2.24) is 4.98 Å². The molecule has 0 atom stereocenters. The Morgan fingerprint density at radius 1 is 0.812 bits per heavy atom. The molecular formula is C28H33N3O. The Labute approximate surface area is 191 Å². The SMILES string of the molecule is CC(=Nc1c(C)cccc1C)c1cccc(C(=O)Nc2c(C(C)C)cccc2C(C)C)n1. The molecule has 0 aliphatic rings. The third-order valence-electron chi connectivity index (χ3n) is 5.68. The first-order valence-corrected chi connectivity index (χ1v) is 11.2. The van der Waals surface area contributed by atoms with E-state index in [1.54, 1.807) is 6.07 Å². The number of amides is 1. The number of carbonyl (C=O) groups is 1. The molecule has 1 heterocycles. The minimum atomic E-state index is -0.207. The summed E-state index contributed by atoms with van der Waals surface area (Å²) in [5.41, 5.74) is 8.21. The zero-order valence-electron chi connectivity index (χ0n) is 20.2. The molecule has 0 unspecified atom stereocenters. The number of anilines is 1. The molecule has 166 valence electrons. The van der Waals surface area contributed by atoms with Crippen LogP contribution in [0.2, 0.25) is 0 Å². The third-order valence-corrected chi connectivity index (χ3v) is 5.68. The molecule has 32 heavy (non-hydrogen) atoms. The van der Waals surface area contributed by atoms with Gasteiger partial charge in [0.15, 0.2) is 0 Å². The van der Waals surface area contributed by atoms with Crippen LogP contribution in [-0.2, 0) is 0 Å². The van der Waals surface area contributed by atoms with E-state index in [0.29, 0.717) is 23.2 Å². The van der Waals surface area contributed by atoms with Gasteiger partial charge in [-0.3, -0.25) is 9.79 Å². The summed E-state index contributed by atoms with van der Waals surface area (Å²) in [6.45, 7) is 14.6. The van der Waals surface area contributed by atoms with Crippen LogP contribution >= 0.6 is 0 Å². The minimum absolute atomic E-state index is 0.207. The number of hydrogen-bond acceptors (Lipinski definition) is 3. The van der Waals surface area contributed by atoms with Crippen LogP contribution < -0.4 is 5.32 Å². The largest absolute Gasteiger partial charge is 0.320 e. The summed E-state index contributed by atoms with van der Waals surface area (Å²) in [5.74, 6) is 0.395. The van der Waals surface area contributed by atoms with Gasteiger partial charge in [-0.2, -0.15) is 0 Å². The summed E-state index contributed by atoms with van der Waals surface area (Å²) < 4.78 is 0. The van der Waals surface area contributed by atoms with Crippen molar-refractivity contribution in [1.29, 1.82) is 0 Å². The predicted octanol–water partition coefficient (Wildman–Crippen LogP) is 7.34. The Morgan fingerprint density at radius 3 is 1.88 bits per heavy atom. The van der Waals surface area contributed by atoms with Crippen LogP contribution in [0.15, 0.2) is 59.6 Å². The van der Waals surface area contributed by atoms with E-state index in [1.807, 2.05) is 25.1 Å². The molecule has 0 aliphatic carbocycles. The molecule has 2 aromatic carbocycles. The highest BCUT2D eigenvalue weighted by atomic mass is 16.1. The number of nitrogens with zero attached hydrogens (tertiary/aromatic N) is 2. The van der Waals surface area contributed by atoms with Crippen molar-refractivity contribution in [2.75, 3.05) is 5.32 Å².